The van der Waals surface area contributed by atoms with Gasteiger partial charge in [-0.2, -0.15) is 0 Å². The van der Waals surface area contributed by atoms with Gasteiger partial charge in [-0.05, 0) is 64.8 Å². The van der Waals surface area contributed by atoms with Crippen LogP contribution in [0.5, 0.6) is 17.2 Å². The SMILES string of the molecule is CC[C@@H](C)[C@H](Nc1ccc2c(cc1=O)[C@@H](NC(C)=O)CCc1cc(OC)c(OC)c(OC)c1-2)C(=O)N1Cc2ccccc2C[C@H]1C(=O)NC. The molecule has 1 heterocycles. The summed E-state index contributed by atoms with van der Waals surface area (Å²) >= 11 is 0. The van der Waals surface area contributed by atoms with Crippen molar-refractivity contribution in [3.63, 3.8) is 0 Å². The van der Waals surface area contributed by atoms with Gasteiger partial charge in [-0.15, -0.1) is 0 Å². The van der Waals surface area contributed by atoms with Crippen LogP contribution in [0.25, 0.3) is 11.1 Å². The molecule has 4 atom stereocenters. The molecule has 3 N–H and O–H groups in total. The van der Waals surface area contributed by atoms with E-state index in [1.54, 1.807) is 32.2 Å². The van der Waals surface area contributed by atoms with E-state index in [-0.39, 0.29) is 41.3 Å². The average Bonchev–Trinajstić information content (AvgIpc) is 3.35. The maximum atomic E-state index is 14.5. The lowest BCUT2D eigenvalue weighted by molar-refractivity contribution is -0.143. The third-order valence-electron chi connectivity index (χ3n) is 9.79. The zero-order valence-electron chi connectivity index (χ0n) is 29.3. The summed E-state index contributed by atoms with van der Waals surface area (Å²) in [5, 5.41) is 9.05. The quantitative estimate of drug-likeness (QED) is 0.289. The highest BCUT2D eigenvalue weighted by molar-refractivity contribution is 5.92. The molecule has 5 rings (SSSR count). The van der Waals surface area contributed by atoms with Gasteiger partial charge in [0.15, 0.2) is 11.5 Å². The number of hydrogen-bond acceptors (Lipinski definition) is 8. The van der Waals surface area contributed by atoms with E-state index < -0.39 is 18.1 Å². The second kappa shape index (κ2) is 15.0. The van der Waals surface area contributed by atoms with Crippen molar-refractivity contribution in [2.45, 2.75) is 71.1 Å². The predicted octanol–water partition coefficient (Wildman–Crippen LogP) is 4.39. The number of carbonyl (C=O) groups excluding carboxylic acids is 3. The summed E-state index contributed by atoms with van der Waals surface area (Å²) in [4.78, 5) is 55.7. The molecule has 1 aliphatic heterocycles. The molecular weight excluding hydrogens is 624 g/mol. The van der Waals surface area contributed by atoms with Gasteiger partial charge in [-0.25, -0.2) is 0 Å². The third kappa shape index (κ3) is 6.93. The van der Waals surface area contributed by atoms with E-state index in [0.717, 1.165) is 22.3 Å². The molecule has 0 saturated heterocycles. The van der Waals surface area contributed by atoms with Gasteiger partial charge in [0.1, 0.15) is 12.1 Å². The van der Waals surface area contributed by atoms with Crippen molar-refractivity contribution in [2.24, 2.45) is 5.92 Å². The van der Waals surface area contributed by atoms with Crippen molar-refractivity contribution in [2.75, 3.05) is 33.7 Å². The molecule has 3 amide bonds. The van der Waals surface area contributed by atoms with Crippen molar-refractivity contribution < 1.29 is 28.6 Å². The number of nitrogens with zero attached hydrogens (tertiary/aromatic N) is 1. The Hall–Kier alpha value is -5.06. The Morgan fingerprint density at radius 2 is 1.67 bits per heavy atom. The Bertz CT molecular complexity index is 1810. The van der Waals surface area contributed by atoms with Crippen LogP contribution >= 0.6 is 0 Å². The number of nitrogens with one attached hydrogen (secondary N) is 3. The minimum Gasteiger partial charge on any atom is -0.493 e. The fraction of sp³-hybridized carbons (Fsp3) is 0.421. The Kier molecular flexibility index (Phi) is 10.8. The van der Waals surface area contributed by atoms with Crippen molar-refractivity contribution in [1.29, 1.82) is 0 Å². The lowest BCUT2D eigenvalue weighted by atomic mass is 9.90. The third-order valence-corrected chi connectivity index (χ3v) is 9.79. The number of amides is 3. The molecule has 3 aromatic carbocycles. The number of hydrogen-bond donors (Lipinski definition) is 3. The molecule has 2 aliphatic rings. The summed E-state index contributed by atoms with van der Waals surface area (Å²) in [7, 11) is 6.22. The van der Waals surface area contributed by atoms with Crippen LogP contribution in [-0.2, 0) is 33.8 Å². The minimum atomic E-state index is -0.797. The average molecular weight is 671 g/mol. The monoisotopic (exact) mass is 670 g/mol. The second-order valence-electron chi connectivity index (χ2n) is 12.7. The van der Waals surface area contributed by atoms with Gasteiger partial charge in [-0.3, -0.25) is 19.2 Å². The van der Waals surface area contributed by atoms with E-state index in [1.165, 1.54) is 20.1 Å². The zero-order chi connectivity index (χ0) is 35.4. The molecule has 1 aliphatic carbocycles. The van der Waals surface area contributed by atoms with E-state index in [9.17, 15) is 19.2 Å². The number of anilines is 1. The van der Waals surface area contributed by atoms with Gasteiger partial charge in [-0.1, -0.05) is 50.6 Å². The van der Waals surface area contributed by atoms with Crippen LogP contribution in [0.3, 0.4) is 0 Å². The Morgan fingerprint density at radius 1 is 0.959 bits per heavy atom. The molecular formula is C38H46N4O7. The Labute approximate surface area is 287 Å². The van der Waals surface area contributed by atoms with Crippen molar-refractivity contribution in [3.8, 4) is 28.4 Å². The number of fused-ring (bicyclic) bond motifs is 4. The molecule has 0 bridgehead atoms. The van der Waals surface area contributed by atoms with Crippen LogP contribution in [0.4, 0.5) is 5.69 Å². The number of methoxy groups -OCH3 is 3. The molecule has 260 valence electrons. The van der Waals surface area contributed by atoms with Gasteiger partial charge in [0.05, 0.1) is 33.1 Å². The van der Waals surface area contributed by atoms with Crippen LogP contribution in [0.1, 0.15) is 61.9 Å². The lowest BCUT2D eigenvalue weighted by Gasteiger charge is -2.39. The molecule has 0 saturated carbocycles. The van der Waals surface area contributed by atoms with Gasteiger partial charge >= 0.3 is 0 Å². The smallest absolute Gasteiger partial charge is 0.246 e. The Morgan fingerprint density at radius 3 is 2.31 bits per heavy atom. The molecule has 0 aromatic heterocycles. The van der Waals surface area contributed by atoms with E-state index in [4.69, 9.17) is 14.2 Å². The predicted molar refractivity (Wildman–Crippen MR) is 188 cm³/mol. The first-order chi connectivity index (χ1) is 23.6. The minimum absolute atomic E-state index is 0.178. The highest BCUT2D eigenvalue weighted by Gasteiger charge is 2.39. The molecule has 11 nitrogen and oxygen atoms in total. The molecule has 49 heavy (non-hydrogen) atoms. The molecule has 0 spiro atoms. The summed E-state index contributed by atoms with van der Waals surface area (Å²) < 4.78 is 17.2. The molecule has 11 heteroatoms. The van der Waals surface area contributed by atoms with Crippen LogP contribution in [0.2, 0.25) is 0 Å². The first-order valence-corrected chi connectivity index (χ1v) is 16.7. The van der Waals surface area contributed by atoms with Gasteiger partial charge < -0.3 is 35.1 Å². The number of rotatable bonds is 10. The highest BCUT2D eigenvalue weighted by Crippen LogP contribution is 2.50. The summed E-state index contributed by atoms with van der Waals surface area (Å²) in [5.41, 5.74) is 4.86. The fourth-order valence-corrected chi connectivity index (χ4v) is 7.01. The fourth-order valence-electron chi connectivity index (χ4n) is 7.01. The summed E-state index contributed by atoms with van der Waals surface area (Å²) in [6.07, 6.45) is 2.15. The Balaban J connectivity index is 1.63. The van der Waals surface area contributed by atoms with Gasteiger partial charge in [0, 0.05) is 32.5 Å². The summed E-state index contributed by atoms with van der Waals surface area (Å²) in [5.74, 6) is 0.470. The topological polar surface area (TPSA) is 135 Å². The number of likely N-dealkylation sites (N-methyl/N-ethyl adjacent to an activating group) is 1. The number of carbonyl (C=O) groups is 3. The largest absolute Gasteiger partial charge is 0.493 e. The second-order valence-corrected chi connectivity index (χ2v) is 12.7. The van der Waals surface area contributed by atoms with Crippen molar-refractivity contribution in [3.05, 3.63) is 81.0 Å². The molecule has 0 fully saturated rings. The highest BCUT2D eigenvalue weighted by atomic mass is 16.5. The maximum Gasteiger partial charge on any atom is 0.246 e. The van der Waals surface area contributed by atoms with Crippen molar-refractivity contribution in [1.82, 2.24) is 15.5 Å². The number of benzene rings is 2. The normalized spacial score (nSPS) is 17.6. The number of ether oxygens (including phenoxy) is 3. The van der Waals surface area contributed by atoms with E-state index in [1.807, 2.05) is 50.2 Å². The van der Waals surface area contributed by atoms with Gasteiger partial charge in [0.2, 0.25) is 28.9 Å². The summed E-state index contributed by atoms with van der Waals surface area (Å²) in [6, 6.07) is 12.8. The maximum absolute atomic E-state index is 14.5. The van der Waals surface area contributed by atoms with E-state index in [0.29, 0.717) is 54.1 Å². The van der Waals surface area contributed by atoms with E-state index in [2.05, 4.69) is 16.0 Å². The van der Waals surface area contributed by atoms with Gasteiger partial charge in [0.25, 0.3) is 0 Å². The standard InChI is InChI=1S/C38H46N4O7/c1-8-21(2)34(38(46)42-20-25-12-10-9-11-23(25)17-30(42)37(45)39-4)41-29-16-14-26-27(19-31(29)44)28(40-22(3)43)15-13-24-18-32(47-5)35(48-6)36(49-7)33(24)26/h9-12,14,16,18-19,21,28,30,34H,8,13,15,17,20H2,1-7H3,(H,39,45)(H,40,43)(H,41,44)/t21-,28+,30+,34+/m1/s1. The van der Waals surface area contributed by atoms with Crippen LogP contribution in [-0.4, -0.2) is 63.1 Å². The first kappa shape index (κ1) is 35.3. The van der Waals surface area contributed by atoms with Crippen molar-refractivity contribution >= 4 is 23.4 Å². The number of aryl methyl sites for hydroxylation is 1. The summed E-state index contributed by atoms with van der Waals surface area (Å²) in [6.45, 7) is 5.68. The zero-order valence-corrected chi connectivity index (χ0v) is 29.3. The van der Waals surface area contributed by atoms with E-state index >= 15 is 0 Å². The van der Waals surface area contributed by atoms with Crippen LogP contribution in [0, 0.1) is 5.92 Å². The van der Waals surface area contributed by atoms with Crippen LogP contribution < -0.4 is 35.6 Å². The lowest BCUT2D eigenvalue weighted by Crippen LogP contribution is -2.56. The first-order valence-electron chi connectivity index (χ1n) is 16.7. The van der Waals surface area contributed by atoms with Crippen LogP contribution in [0.15, 0.2) is 53.3 Å². The molecule has 0 radical (unpaired) electrons. The molecule has 0 unspecified atom stereocenters. The molecule has 3 aromatic rings.